The second kappa shape index (κ2) is 5.12. The van der Waals surface area contributed by atoms with Crippen LogP contribution < -0.4 is 5.32 Å². The molecule has 1 N–H and O–H groups in total. The zero-order chi connectivity index (χ0) is 10.7. The maximum Gasteiger partial charge on any atom is 0.222 e. The summed E-state index contributed by atoms with van der Waals surface area (Å²) in [7, 11) is 0. The van der Waals surface area contributed by atoms with Crippen molar-refractivity contribution in [2.24, 2.45) is 5.92 Å². The largest absolute Gasteiger partial charge is 0.353 e. The van der Waals surface area contributed by atoms with Gasteiger partial charge in [-0.3, -0.25) is 0 Å². The average Bonchev–Trinajstić information content (AvgIpc) is 2.14. The predicted molar refractivity (Wildman–Crippen MR) is 65.2 cm³/mol. The summed E-state index contributed by atoms with van der Waals surface area (Å²) in [5, 5.41) is 3.35. The van der Waals surface area contributed by atoms with Gasteiger partial charge in [0.05, 0.1) is 9.85 Å². The second-order valence-electron chi connectivity index (χ2n) is 3.81. The molecule has 1 atom stereocenters. The lowest BCUT2D eigenvalue weighted by atomic mass is 9.83. The van der Waals surface area contributed by atoms with Gasteiger partial charge in [-0.1, -0.05) is 6.42 Å². The van der Waals surface area contributed by atoms with Crippen molar-refractivity contribution in [2.45, 2.75) is 24.6 Å². The van der Waals surface area contributed by atoms with E-state index in [9.17, 15) is 0 Å². The highest BCUT2D eigenvalue weighted by Crippen LogP contribution is 2.32. The number of alkyl halides is 1. The van der Waals surface area contributed by atoms with E-state index in [1.807, 2.05) is 0 Å². The summed E-state index contributed by atoms with van der Waals surface area (Å²) in [6.07, 6.45) is 7.29. The minimum absolute atomic E-state index is 0.200. The van der Waals surface area contributed by atoms with Crippen LogP contribution in [0.25, 0.3) is 0 Å². The summed E-state index contributed by atoms with van der Waals surface area (Å²) in [4.78, 5) is 8.25. The quantitative estimate of drug-likeness (QED) is 0.866. The Morgan fingerprint density at radius 2 is 2.13 bits per heavy atom. The predicted octanol–water partition coefficient (Wildman–Crippen LogP) is 3.06. The van der Waals surface area contributed by atoms with E-state index in [0.29, 0.717) is 11.9 Å². The molecule has 0 aliphatic heterocycles. The molecule has 1 unspecified atom stereocenters. The van der Waals surface area contributed by atoms with Gasteiger partial charge in [0.2, 0.25) is 5.95 Å². The standard InChI is InChI=1S/C10H13BrClN3/c11-8-4-13-10(14-5-8)15-6-9(12)7-2-1-3-7/h4-5,7,9H,1-3,6H2,(H,13,14,15). The summed E-state index contributed by atoms with van der Waals surface area (Å²) in [6.45, 7) is 0.744. The number of hydrogen-bond donors (Lipinski definition) is 1. The molecule has 82 valence electrons. The summed E-state index contributed by atoms with van der Waals surface area (Å²) in [5.41, 5.74) is 0. The molecule has 0 aromatic carbocycles. The van der Waals surface area contributed by atoms with Gasteiger partial charge in [-0.15, -0.1) is 11.6 Å². The highest BCUT2D eigenvalue weighted by atomic mass is 79.9. The van der Waals surface area contributed by atoms with Crippen LogP contribution in [0.15, 0.2) is 16.9 Å². The maximum absolute atomic E-state index is 6.24. The lowest BCUT2D eigenvalue weighted by molar-refractivity contribution is 0.308. The van der Waals surface area contributed by atoms with E-state index in [2.05, 4.69) is 31.2 Å². The number of halogens is 2. The molecular weight excluding hydrogens is 277 g/mol. The molecule has 1 aromatic heterocycles. The molecule has 1 aromatic rings. The fourth-order valence-corrected chi connectivity index (χ4v) is 2.09. The van der Waals surface area contributed by atoms with Crippen molar-refractivity contribution in [3.05, 3.63) is 16.9 Å². The van der Waals surface area contributed by atoms with E-state index in [-0.39, 0.29) is 5.38 Å². The molecular formula is C10H13BrClN3. The first kappa shape index (κ1) is 11.1. The van der Waals surface area contributed by atoms with Crippen LogP contribution in [0.4, 0.5) is 5.95 Å². The summed E-state index contributed by atoms with van der Waals surface area (Å²) in [5.74, 6) is 1.32. The minimum Gasteiger partial charge on any atom is -0.353 e. The zero-order valence-electron chi connectivity index (χ0n) is 8.29. The molecule has 1 aliphatic rings. The number of rotatable bonds is 4. The topological polar surface area (TPSA) is 37.8 Å². The number of nitrogens with zero attached hydrogens (tertiary/aromatic N) is 2. The van der Waals surface area contributed by atoms with E-state index in [4.69, 9.17) is 11.6 Å². The molecule has 15 heavy (non-hydrogen) atoms. The van der Waals surface area contributed by atoms with Crippen LogP contribution in [-0.4, -0.2) is 21.9 Å². The van der Waals surface area contributed by atoms with Gasteiger partial charge < -0.3 is 5.32 Å². The summed E-state index contributed by atoms with van der Waals surface area (Å²) >= 11 is 9.53. The number of anilines is 1. The van der Waals surface area contributed by atoms with Gasteiger partial charge in [-0.2, -0.15) is 0 Å². The van der Waals surface area contributed by atoms with Gasteiger partial charge >= 0.3 is 0 Å². The Kier molecular flexibility index (Phi) is 3.81. The number of nitrogens with one attached hydrogen (secondary N) is 1. The Labute approximate surface area is 103 Å². The third kappa shape index (κ3) is 3.05. The normalized spacial score (nSPS) is 18.3. The Balaban J connectivity index is 1.79. The van der Waals surface area contributed by atoms with E-state index in [1.165, 1.54) is 19.3 Å². The Morgan fingerprint density at radius 1 is 1.47 bits per heavy atom. The second-order valence-corrected chi connectivity index (χ2v) is 5.29. The molecule has 5 heteroatoms. The van der Waals surface area contributed by atoms with Crippen LogP contribution in [0.1, 0.15) is 19.3 Å². The smallest absolute Gasteiger partial charge is 0.222 e. The van der Waals surface area contributed by atoms with Crippen molar-refractivity contribution in [3.8, 4) is 0 Å². The zero-order valence-corrected chi connectivity index (χ0v) is 10.6. The van der Waals surface area contributed by atoms with E-state index in [0.717, 1.165) is 11.0 Å². The molecule has 1 heterocycles. The fourth-order valence-electron chi connectivity index (χ4n) is 1.56. The monoisotopic (exact) mass is 289 g/mol. The molecule has 2 rings (SSSR count). The molecule has 0 radical (unpaired) electrons. The van der Waals surface area contributed by atoms with Crippen LogP contribution in [0, 0.1) is 5.92 Å². The van der Waals surface area contributed by atoms with Crippen molar-refractivity contribution in [3.63, 3.8) is 0 Å². The summed E-state index contributed by atoms with van der Waals surface area (Å²) < 4.78 is 0.884. The van der Waals surface area contributed by atoms with Crippen molar-refractivity contribution in [1.29, 1.82) is 0 Å². The average molecular weight is 291 g/mol. The highest BCUT2D eigenvalue weighted by molar-refractivity contribution is 9.10. The first-order chi connectivity index (χ1) is 7.25. The number of hydrogen-bond acceptors (Lipinski definition) is 3. The molecule has 1 fully saturated rings. The van der Waals surface area contributed by atoms with E-state index < -0.39 is 0 Å². The summed E-state index contributed by atoms with van der Waals surface area (Å²) in [6, 6.07) is 0. The lowest BCUT2D eigenvalue weighted by Crippen LogP contribution is -2.28. The fraction of sp³-hybridized carbons (Fsp3) is 0.600. The Morgan fingerprint density at radius 3 is 2.67 bits per heavy atom. The first-order valence-corrected chi connectivity index (χ1v) is 6.34. The minimum atomic E-state index is 0.200. The van der Waals surface area contributed by atoms with E-state index >= 15 is 0 Å². The van der Waals surface area contributed by atoms with Gasteiger partial charge in [0.15, 0.2) is 0 Å². The molecule has 3 nitrogen and oxygen atoms in total. The van der Waals surface area contributed by atoms with Crippen molar-refractivity contribution >= 4 is 33.5 Å². The molecule has 0 bridgehead atoms. The van der Waals surface area contributed by atoms with E-state index in [1.54, 1.807) is 12.4 Å². The van der Waals surface area contributed by atoms with Gasteiger partial charge in [-0.05, 0) is 34.7 Å². The third-order valence-corrected chi connectivity index (χ3v) is 3.66. The SMILES string of the molecule is ClC(CNc1ncc(Br)cn1)C1CCC1. The third-order valence-electron chi connectivity index (χ3n) is 2.74. The van der Waals surface area contributed by atoms with Gasteiger partial charge in [0.25, 0.3) is 0 Å². The van der Waals surface area contributed by atoms with Gasteiger partial charge in [0.1, 0.15) is 0 Å². The van der Waals surface area contributed by atoms with Crippen LogP contribution in [0.3, 0.4) is 0 Å². The molecule has 0 amide bonds. The molecule has 0 spiro atoms. The van der Waals surface area contributed by atoms with Gasteiger partial charge in [-0.25, -0.2) is 9.97 Å². The van der Waals surface area contributed by atoms with Crippen LogP contribution in [0.5, 0.6) is 0 Å². The molecule has 0 saturated heterocycles. The highest BCUT2D eigenvalue weighted by Gasteiger charge is 2.25. The van der Waals surface area contributed by atoms with Crippen LogP contribution in [-0.2, 0) is 0 Å². The molecule has 1 saturated carbocycles. The number of aromatic nitrogens is 2. The van der Waals surface area contributed by atoms with Crippen molar-refractivity contribution < 1.29 is 0 Å². The van der Waals surface area contributed by atoms with Crippen molar-refractivity contribution in [1.82, 2.24) is 9.97 Å². The lowest BCUT2D eigenvalue weighted by Gasteiger charge is -2.29. The molecule has 1 aliphatic carbocycles. The van der Waals surface area contributed by atoms with Crippen molar-refractivity contribution in [2.75, 3.05) is 11.9 Å². The van der Waals surface area contributed by atoms with Crippen LogP contribution in [0.2, 0.25) is 0 Å². The maximum atomic E-state index is 6.24. The Bertz CT molecular complexity index is 313. The first-order valence-electron chi connectivity index (χ1n) is 5.11. The Hall–Kier alpha value is -0.350. The van der Waals surface area contributed by atoms with Gasteiger partial charge in [0, 0.05) is 18.9 Å². The van der Waals surface area contributed by atoms with Crippen LogP contribution >= 0.6 is 27.5 Å².